The summed E-state index contributed by atoms with van der Waals surface area (Å²) in [6, 6.07) is 12.9. The molecule has 2 amide bonds. The monoisotopic (exact) mass is 353 g/mol. The third kappa shape index (κ3) is 3.85. The molecule has 0 unspecified atom stereocenters. The molecule has 0 aliphatic carbocycles. The molecule has 1 fully saturated rings. The van der Waals surface area contributed by atoms with Crippen molar-refractivity contribution in [1.29, 1.82) is 0 Å². The van der Waals surface area contributed by atoms with Crippen molar-refractivity contribution in [3.05, 3.63) is 59.4 Å². The van der Waals surface area contributed by atoms with E-state index in [1.807, 2.05) is 35.2 Å². The Morgan fingerprint density at radius 3 is 2.81 bits per heavy atom. The number of nitrogens with one attached hydrogen (secondary N) is 1. The summed E-state index contributed by atoms with van der Waals surface area (Å²) < 4.78 is 5.34. The fraction of sp³-hybridized carbons (Fsp3) is 0.350. The van der Waals surface area contributed by atoms with Crippen molar-refractivity contribution in [2.24, 2.45) is 0 Å². The molecule has 1 aromatic heterocycles. The topological polar surface area (TPSA) is 71.5 Å². The number of carbonyl (C=O) groups excluding carboxylic acids is 2. The van der Waals surface area contributed by atoms with Gasteiger partial charge in [-0.2, -0.15) is 0 Å². The molecule has 1 aliphatic rings. The fourth-order valence-electron chi connectivity index (χ4n) is 3.29. The third-order valence-electron chi connectivity index (χ3n) is 4.54. The molecule has 0 spiro atoms. The van der Waals surface area contributed by atoms with Gasteiger partial charge in [0.2, 0.25) is 5.91 Å². The minimum Gasteiger partial charge on any atom is -0.496 e. The van der Waals surface area contributed by atoms with E-state index in [0.29, 0.717) is 24.4 Å². The van der Waals surface area contributed by atoms with Crippen molar-refractivity contribution in [2.75, 3.05) is 13.7 Å². The maximum atomic E-state index is 13.1. The average Bonchev–Trinajstić information content (AvgIpc) is 3.16. The minimum absolute atomic E-state index is 0.0426. The summed E-state index contributed by atoms with van der Waals surface area (Å²) >= 11 is 0. The first-order chi connectivity index (χ1) is 12.6. The predicted octanol–water partition coefficient (Wildman–Crippen LogP) is 2.70. The minimum atomic E-state index is -0.0916. The summed E-state index contributed by atoms with van der Waals surface area (Å²) in [6.45, 7) is 2.56. The molecule has 1 aliphatic heterocycles. The molecule has 26 heavy (non-hydrogen) atoms. The van der Waals surface area contributed by atoms with Gasteiger partial charge in [-0.1, -0.05) is 18.2 Å². The van der Waals surface area contributed by atoms with Crippen molar-refractivity contribution in [3.63, 3.8) is 0 Å². The molecule has 0 saturated carbocycles. The number of nitrogens with zero attached hydrogens (tertiary/aromatic N) is 2. The normalized spacial score (nSPS) is 16.4. The van der Waals surface area contributed by atoms with Crippen LogP contribution in [0, 0.1) is 0 Å². The van der Waals surface area contributed by atoms with Crippen LogP contribution < -0.4 is 10.1 Å². The summed E-state index contributed by atoms with van der Waals surface area (Å²) in [7, 11) is 1.57. The summed E-state index contributed by atoms with van der Waals surface area (Å²) in [4.78, 5) is 30.7. The first-order valence-corrected chi connectivity index (χ1v) is 8.74. The number of hydrogen-bond acceptors (Lipinski definition) is 4. The number of pyridine rings is 1. The van der Waals surface area contributed by atoms with Crippen LogP contribution in [0.3, 0.4) is 0 Å². The summed E-state index contributed by atoms with van der Waals surface area (Å²) in [6.07, 6.45) is 1.81. The van der Waals surface area contributed by atoms with Gasteiger partial charge in [-0.05, 0) is 37.1 Å². The van der Waals surface area contributed by atoms with E-state index in [9.17, 15) is 9.59 Å². The van der Waals surface area contributed by atoms with Gasteiger partial charge in [0, 0.05) is 13.5 Å². The van der Waals surface area contributed by atoms with Gasteiger partial charge in [-0.15, -0.1) is 0 Å². The van der Waals surface area contributed by atoms with Gasteiger partial charge in [0.25, 0.3) is 5.91 Å². The van der Waals surface area contributed by atoms with Crippen molar-refractivity contribution in [2.45, 2.75) is 32.4 Å². The highest BCUT2D eigenvalue weighted by Gasteiger charge is 2.32. The van der Waals surface area contributed by atoms with Crippen LogP contribution in [-0.2, 0) is 11.3 Å². The number of methoxy groups -OCH3 is 1. The van der Waals surface area contributed by atoms with Crippen molar-refractivity contribution < 1.29 is 14.3 Å². The van der Waals surface area contributed by atoms with Gasteiger partial charge in [-0.25, -0.2) is 0 Å². The lowest BCUT2D eigenvalue weighted by atomic mass is 10.1. The highest BCUT2D eigenvalue weighted by molar-refractivity contribution is 5.97. The summed E-state index contributed by atoms with van der Waals surface area (Å²) in [5, 5.41) is 2.76. The lowest BCUT2D eigenvalue weighted by molar-refractivity contribution is -0.119. The van der Waals surface area contributed by atoms with Crippen molar-refractivity contribution in [3.8, 4) is 5.75 Å². The largest absolute Gasteiger partial charge is 0.496 e. The van der Waals surface area contributed by atoms with Crippen LogP contribution in [0.25, 0.3) is 0 Å². The second-order valence-corrected chi connectivity index (χ2v) is 6.32. The number of rotatable bonds is 5. The number of benzene rings is 1. The molecule has 1 saturated heterocycles. The van der Waals surface area contributed by atoms with Crippen LogP contribution in [0.5, 0.6) is 5.75 Å². The molecule has 3 rings (SSSR count). The molecule has 136 valence electrons. The Hall–Kier alpha value is -2.89. The summed E-state index contributed by atoms with van der Waals surface area (Å²) in [5.41, 5.74) is 2.21. The molecule has 1 N–H and O–H groups in total. The first kappa shape index (κ1) is 17.9. The van der Waals surface area contributed by atoms with E-state index >= 15 is 0 Å². The SMILES string of the molecule is COc1ccccc1C(=O)N1CCC[C@@H]1c1cccc(CNC(C)=O)n1. The number of ether oxygens (including phenoxy) is 1. The second-order valence-electron chi connectivity index (χ2n) is 6.32. The van der Waals surface area contributed by atoms with Crippen LogP contribution >= 0.6 is 0 Å². The highest BCUT2D eigenvalue weighted by atomic mass is 16.5. The lowest BCUT2D eigenvalue weighted by Crippen LogP contribution is -2.31. The smallest absolute Gasteiger partial charge is 0.258 e. The summed E-state index contributed by atoms with van der Waals surface area (Å²) in [5.74, 6) is 0.445. The zero-order valence-corrected chi connectivity index (χ0v) is 15.1. The number of amides is 2. The Balaban J connectivity index is 1.83. The molecule has 1 aromatic carbocycles. The van der Waals surface area contributed by atoms with Gasteiger partial charge in [0.05, 0.1) is 36.6 Å². The van der Waals surface area contributed by atoms with Crippen molar-refractivity contribution >= 4 is 11.8 Å². The molecular weight excluding hydrogens is 330 g/mol. The van der Waals surface area contributed by atoms with Crippen LogP contribution in [-0.4, -0.2) is 35.4 Å². The Labute approximate surface area is 153 Å². The van der Waals surface area contributed by atoms with E-state index in [1.54, 1.807) is 19.2 Å². The molecule has 1 atom stereocenters. The van der Waals surface area contributed by atoms with Crippen molar-refractivity contribution in [1.82, 2.24) is 15.2 Å². The maximum Gasteiger partial charge on any atom is 0.258 e. The van der Waals surface area contributed by atoms with E-state index < -0.39 is 0 Å². The number of likely N-dealkylation sites (tertiary alicyclic amines) is 1. The van der Waals surface area contributed by atoms with E-state index in [4.69, 9.17) is 4.74 Å². The highest BCUT2D eigenvalue weighted by Crippen LogP contribution is 2.33. The van der Waals surface area contributed by atoms with Gasteiger partial charge < -0.3 is 15.0 Å². The van der Waals surface area contributed by atoms with Gasteiger partial charge in [0.1, 0.15) is 5.75 Å². The number of carbonyl (C=O) groups is 2. The molecule has 2 aromatic rings. The van der Waals surface area contributed by atoms with E-state index in [-0.39, 0.29) is 17.9 Å². The Morgan fingerprint density at radius 2 is 2.04 bits per heavy atom. The number of para-hydroxylation sites is 1. The zero-order chi connectivity index (χ0) is 18.5. The fourth-order valence-corrected chi connectivity index (χ4v) is 3.29. The van der Waals surface area contributed by atoms with E-state index in [2.05, 4.69) is 10.3 Å². The quantitative estimate of drug-likeness (QED) is 0.897. The van der Waals surface area contributed by atoms with Crippen LogP contribution in [0.1, 0.15) is 47.6 Å². The maximum absolute atomic E-state index is 13.1. The molecular formula is C20H23N3O3. The van der Waals surface area contributed by atoms with Gasteiger partial charge in [-0.3, -0.25) is 14.6 Å². The second kappa shape index (κ2) is 7.99. The molecule has 6 heteroatoms. The van der Waals surface area contributed by atoms with E-state index in [1.165, 1.54) is 6.92 Å². The predicted molar refractivity (Wildman–Crippen MR) is 97.8 cm³/mol. The third-order valence-corrected chi connectivity index (χ3v) is 4.54. The molecule has 2 heterocycles. The van der Waals surface area contributed by atoms with Gasteiger partial charge in [0.15, 0.2) is 0 Å². The Bertz CT molecular complexity index is 806. The zero-order valence-electron chi connectivity index (χ0n) is 15.1. The first-order valence-electron chi connectivity index (χ1n) is 8.74. The van der Waals surface area contributed by atoms with Crippen LogP contribution in [0.4, 0.5) is 0 Å². The average molecular weight is 353 g/mol. The lowest BCUT2D eigenvalue weighted by Gasteiger charge is -2.25. The Morgan fingerprint density at radius 1 is 1.23 bits per heavy atom. The number of hydrogen-bond donors (Lipinski definition) is 1. The van der Waals surface area contributed by atoms with Crippen LogP contribution in [0.2, 0.25) is 0 Å². The van der Waals surface area contributed by atoms with Crippen LogP contribution in [0.15, 0.2) is 42.5 Å². The van der Waals surface area contributed by atoms with E-state index in [0.717, 1.165) is 24.2 Å². The van der Waals surface area contributed by atoms with Gasteiger partial charge >= 0.3 is 0 Å². The standard InChI is InChI=1S/C20H23N3O3/c1-14(24)21-13-15-7-5-9-17(22-15)18-10-6-12-23(18)20(25)16-8-3-4-11-19(16)26-2/h3-5,7-9,11,18H,6,10,12-13H2,1-2H3,(H,21,24)/t18-/m1/s1. The number of aromatic nitrogens is 1. The molecule has 6 nitrogen and oxygen atoms in total. The molecule has 0 bridgehead atoms. The Kier molecular flexibility index (Phi) is 5.51. The molecule has 0 radical (unpaired) electrons.